The van der Waals surface area contributed by atoms with Crippen LogP contribution in [0.4, 0.5) is 0 Å². The van der Waals surface area contributed by atoms with E-state index in [2.05, 4.69) is 37.8 Å². The molecule has 0 aliphatic heterocycles. The molecule has 0 amide bonds. The molecule has 0 radical (unpaired) electrons. The fraction of sp³-hybridized carbons (Fsp3) is 0.625. The van der Waals surface area contributed by atoms with E-state index in [1.54, 1.807) is 7.11 Å². The molecule has 1 aromatic carbocycles. The van der Waals surface area contributed by atoms with Gasteiger partial charge in [-0.15, -0.1) is 0 Å². The monoisotopic (exact) mass is 265 g/mol. The SMILES string of the molecule is COc1ccc(C(CCO)N(C)C)cc1C(C)(C)C. The second-order valence-electron chi connectivity index (χ2n) is 6.20. The molecule has 19 heavy (non-hydrogen) atoms. The minimum absolute atomic E-state index is 0.0391. The van der Waals surface area contributed by atoms with Crippen LogP contribution in [0.2, 0.25) is 0 Å². The highest BCUT2D eigenvalue weighted by Crippen LogP contribution is 2.34. The van der Waals surface area contributed by atoms with Crippen molar-refractivity contribution in [3.05, 3.63) is 29.3 Å². The molecule has 0 saturated carbocycles. The zero-order chi connectivity index (χ0) is 14.6. The summed E-state index contributed by atoms with van der Waals surface area (Å²) >= 11 is 0. The van der Waals surface area contributed by atoms with Crippen LogP contribution in [0.1, 0.15) is 44.4 Å². The van der Waals surface area contributed by atoms with E-state index < -0.39 is 0 Å². The van der Waals surface area contributed by atoms with Crippen LogP contribution in [-0.4, -0.2) is 37.8 Å². The number of hydrogen-bond acceptors (Lipinski definition) is 3. The molecule has 1 aromatic rings. The minimum Gasteiger partial charge on any atom is -0.496 e. The molecule has 108 valence electrons. The van der Waals surface area contributed by atoms with Crippen LogP contribution in [0.25, 0.3) is 0 Å². The normalized spacial score (nSPS) is 13.7. The Morgan fingerprint density at radius 3 is 2.32 bits per heavy atom. The van der Waals surface area contributed by atoms with E-state index in [-0.39, 0.29) is 18.1 Å². The van der Waals surface area contributed by atoms with E-state index in [4.69, 9.17) is 4.74 Å². The molecule has 0 heterocycles. The highest BCUT2D eigenvalue weighted by molar-refractivity contribution is 5.42. The van der Waals surface area contributed by atoms with Gasteiger partial charge in [0.15, 0.2) is 0 Å². The lowest BCUT2D eigenvalue weighted by atomic mass is 9.84. The number of aliphatic hydroxyl groups is 1. The Bertz CT molecular complexity index is 408. The summed E-state index contributed by atoms with van der Waals surface area (Å²) in [5.74, 6) is 0.928. The van der Waals surface area contributed by atoms with E-state index in [1.807, 2.05) is 20.2 Å². The molecule has 0 fully saturated rings. The first kappa shape index (κ1) is 16.0. The van der Waals surface area contributed by atoms with Gasteiger partial charge < -0.3 is 14.7 Å². The zero-order valence-corrected chi connectivity index (χ0v) is 13.0. The molecular weight excluding hydrogens is 238 g/mol. The van der Waals surface area contributed by atoms with E-state index >= 15 is 0 Å². The predicted molar refractivity (Wildman–Crippen MR) is 79.8 cm³/mol. The number of hydrogen-bond donors (Lipinski definition) is 1. The van der Waals surface area contributed by atoms with Crippen molar-refractivity contribution in [2.45, 2.75) is 38.6 Å². The van der Waals surface area contributed by atoms with Crippen molar-refractivity contribution in [1.29, 1.82) is 0 Å². The van der Waals surface area contributed by atoms with Crippen LogP contribution in [-0.2, 0) is 5.41 Å². The van der Waals surface area contributed by atoms with Gasteiger partial charge >= 0.3 is 0 Å². The number of methoxy groups -OCH3 is 1. The maximum absolute atomic E-state index is 9.23. The Balaban J connectivity index is 3.23. The standard InChI is InChI=1S/C16H27NO2/c1-16(2,3)13-11-12(7-8-15(13)19-6)14(9-10-18)17(4)5/h7-8,11,14,18H,9-10H2,1-6H3. The van der Waals surface area contributed by atoms with Crippen molar-refractivity contribution in [1.82, 2.24) is 4.90 Å². The predicted octanol–water partition coefficient (Wildman–Crippen LogP) is 2.98. The third-order valence-electron chi connectivity index (χ3n) is 3.44. The molecular formula is C16H27NO2. The summed E-state index contributed by atoms with van der Waals surface area (Å²) in [6.45, 7) is 6.75. The second-order valence-corrected chi connectivity index (χ2v) is 6.20. The number of ether oxygens (including phenoxy) is 1. The van der Waals surface area contributed by atoms with Crippen LogP contribution in [0.5, 0.6) is 5.75 Å². The maximum Gasteiger partial charge on any atom is 0.122 e. The fourth-order valence-corrected chi connectivity index (χ4v) is 2.36. The van der Waals surface area contributed by atoms with Crippen LogP contribution >= 0.6 is 0 Å². The first-order valence-corrected chi connectivity index (χ1v) is 6.77. The summed E-state index contributed by atoms with van der Waals surface area (Å²) < 4.78 is 5.46. The van der Waals surface area contributed by atoms with Crippen molar-refractivity contribution in [3.8, 4) is 5.75 Å². The number of aliphatic hydroxyl groups excluding tert-OH is 1. The average molecular weight is 265 g/mol. The number of rotatable bonds is 5. The molecule has 0 bridgehead atoms. The van der Waals surface area contributed by atoms with Crippen molar-refractivity contribution >= 4 is 0 Å². The lowest BCUT2D eigenvalue weighted by molar-refractivity contribution is 0.210. The Hall–Kier alpha value is -1.06. The molecule has 1 unspecified atom stereocenters. The molecule has 1 atom stereocenters. The molecule has 0 aliphatic rings. The Morgan fingerprint density at radius 2 is 1.89 bits per heavy atom. The molecule has 1 N–H and O–H groups in total. The molecule has 0 aliphatic carbocycles. The van der Waals surface area contributed by atoms with Gasteiger partial charge in [-0.05, 0) is 49.2 Å². The van der Waals surface area contributed by atoms with Gasteiger partial charge in [0, 0.05) is 12.6 Å². The van der Waals surface area contributed by atoms with Crippen molar-refractivity contribution in [2.24, 2.45) is 0 Å². The Morgan fingerprint density at radius 1 is 1.26 bits per heavy atom. The molecule has 0 saturated heterocycles. The van der Waals surface area contributed by atoms with E-state index in [9.17, 15) is 5.11 Å². The summed E-state index contributed by atoms with van der Waals surface area (Å²) in [5, 5.41) is 9.23. The second kappa shape index (κ2) is 6.40. The van der Waals surface area contributed by atoms with Gasteiger partial charge in [-0.25, -0.2) is 0 Å². The highest BCUT2D eigenvalue weighted by Gasteiger charge is 2.22. The summed E-state index contributed by atoms with van der Waals surface area (Å²) in [4.78, 5) is 2.14. The van der Waals surface area contributed by atoms with Crippen molar-refractivity contribution < 1.29 is 9.84 Å². The van der Waals surface area contributed by atoms with Gasteiger partial charge in [0.05, 0.1) is 7.11 Å². The van der Waals surface area contributed by atoms with Gasteiger partial charge in [0.1, 0.15) is 5.75 Å². The Labute approximate surface area is 117 Å². The lowest BCUT2D eigenvalue weighted by Gasteiger charge is -2.28. The van der Waals surface area contributed by atoms with Gasteiger partial charge in [0.2, 0.25) is 0 Å². The lowest BCUT2D eigenvalue weighted by Crippen LogP contribution is -2.22. The fourth-order valence-electron chi connectivity index (χ4n) is 2.36. The van der Waals surface area contributed by atoms with E-state index in [0.717, 1.165) is 12.2 Å². The Kier molecular flexibility index (Phi) is 5.39. The van der Waals surface area contributed by atoms with Gasteiger partial charge in [0.25, 0.3) is 0 Å². The largest absolute Gasteiger partial charge is 0.496 e. The van der Waals surface area contributed by atoms with Crippen LogP contribution in [0.15, 0.2) is 18.2 Å². The minimum atomic E-state index is 0.0391. The first-order chi connectivity index (χ1) is 8.81. The summed E-state index contributed by atoms with van der Waals surface area (Å²) in [7, 11) is 5.80. The smallest absolute Gasteiger partial charge is 0.122 e. The van der Waals surface area contributed by atoms with Gasteiger partial charge in [-0.1, -0.05) is 26.8 Å². The van der Waals surface area contributed by atoms with Crippen LogP contribution < -0.4 is 4.74 Å². The van der Waals surface area contributed by atoms with Crippen molar-refractivity contribution in [2.75, 3.05) is 27.8 Å². The molecule has 0 spiro atoms. The number of nitrogens with zero attached hydrogens (tertiary/aromatic N) is 1. The highest BCUT2D eigenvalue weighted by atomic mass is 16.5. The number of benzene rings is 1. The van der Waals surface area contributed by atoms with Crippen molar-refractivity contribution in [3.63, 3.8) is 0 Å². The van der Waals surface area contributed by atoms with E-state index in [1.165, 1.54) is 11.1 Å². The maximum atomic E-state index is 9.23. The third kappa shape index (κ3) is 3.95. The summed E-state index contributed by atoms with van der Waals surface area (Å²) in [5.41, 5.74) is 2.47. The summed E-state index contributed by atoms with van der Waals surface area (Å²) in [6, 6.07) is 6.56. The molecule has 3 heteroatoms. The summed E-state index contributed by atoms with van der Waals surface area (Å²) in [6.07, 6.45) is 0.739. The zero-order valence-electron chi connectivity index (χ0n) is 13.0. The van der Waals surface area contributed by atoms with E-state index in [0.29, 0.717) is 0 Å². The van der Waals surface area contributed by atoms with Gasteiger partial charge in [-0.3, -0.25) is 0 Å². The van der Waals surface area contributed by atoms with Crippen LogP contribution in [0.3, 0.4) is 0 Å². The topological polar surface area (TPSA) is 32.7 Å². The average Bonchev–Trinajstić information content (AvgIpc) is 2.33. The quantitative estimate of drug-likeness (QED) is 0.888. The molecule has 0 aromatic heterocycles. The van der Waals surface area contributed by atoms with Gasteiger partial charge in [-0.2, -0.15) is 0 Å². The third-order valence-corrected chi connectivity index (χ3v) is 3.44. The molecule has 3 nitrogen and oxygen atoms in total. The van der Waals surface area contributed by atoms with Crippen LogP contribution in [0, 0.1) is 0 Å². The first-order valence-electron chi connectivity index (χ1n) is 6.77. The molecule has 1 rings (SSSR count).